The van der Waals surface area contributed by atoms with Crippen molar-refractivity contribution in [3.63, 3.8) is 0 Å². The van der Waals surface area contributed by atoms with E-state index in [1.54, 1.807) is 16.8 Å². The average Bonchev–Trinajstić information content (AvgIpc) is 2.80. The Morgan fingerprint density at radius 2 is 2.38 bits per heavy atom. The number of thiazole rings is 1. The molecule has 2 rings (SSSR count). The Bertz CT molecular complexity index is 512. The van der Waals surface area contributed by atoms with Crippen molar-refractivity contribution in [2.24, 2.45) is 0 Å². The lowest BCUT2D eigenvalue weighted by atomic mass is 10.1. The number of benzene rings is 1. The fraction of sp³-hybridized carbons (Fsp3) is 0.167. The van der Waals surface area contributed by atoms with E-state index < -0.39 is 0 Å². The van der Waals surface area contributed by atoms with Crippen molar-refractivity contribution < 1.29 is 0 Å². The lowest BCUT2D eigenvalue weighted by molar-refractivity contribution is 1.07. The summed E-state index contributed by atoms with van der Waals surface area (Å²) in [5.74, 6) is 0. The predicted octanol–water partition coefficient (Wildman–Crippen LogP) is 2.94. The second-order valence-electron chi connectivity index (χ2n) is 3.44. The Balaban J connectivity index is 2.18. The molecule has 16 heavy (non-hydrogen) atoms. The summed E-state index contributed by atoms with van der Waals surface area (Å²) < 4.78 is 0. The lowest BCUT2D eigenvalue weighted by Gasteiger charge is -2.09. The minimum Gasteiger partial charge on any atom is -0.378 e. The van der Waals surface area contributed by atoms with Crippen LogP contribution in [-0.2, 0) is 6.54 Å². The van der Waals surface area contributed by atoms with Crippen molar-refractivity contribution in [3.05, 3.63) is 45.9 Å². The molecule has 0 aliphatic rings. The van der Waals surface area contributed by atoms with Crippen molar-refractivity contribution >= 4 is 17.0 Å². The molecule has 0 atom stereocenters. The van der Waals surface area contributed by atoms with E-state index in [0.29, 0.717) is 12.1 Å². The number of nitrogens with one attached hydrogen (secondary N) is 1. The predicted molar refractivity (Wildman–Crippen MR) is 65.3 cm³/mol. The first-order valence-corrected chi connectivity index (χ1v) is 5.86. The zero-order valence-corrected chi connectivity index (χ0v) is 9.71. The molecule has 1 heterocycles. The Hall–Kier alpha value is -1.86. The number of hydrogen-bond acceptors (Lipinski definition) is 4. The second-order valence-corrected chi connectivity index (χ2v) is 4.16. The molecule has 2 aromatic rings. The van der Waals surface area contributed by atoms with E-state index in [2.05, 4.69) is 16.4 Å². The molecule has 0 unspecified atom stereocenters. The molecule has 0 amide bonds. The third-order valence-electron chi connectivity index (χ3n) is 2.32. The molecule has 80 valence electrons. The number of nitriles is 1. The third kappa shape index (κ3) is 2.20. The van der Waals surface area contributed by atoms with Gasteiger partial charge in [0.25, 0.3) is 0 Å². The largest absolute Gasteiger partial charge is 0.378 e. The number of para-hydroxylation sites is 1. The Morgan fingerprint density at radius 3 is 3.06 bits per heavy atom. The summed E-state index contributed by atoms with van der Waals surface area (Å²) in [6, 6.07) is 7.88. The number of hydrogen-bond donors (Lipinski definition) is 1. The lowest BCUT2D eigenvalue weighted by Crippen LogP contribution is -2.03. The third-order valence-corrected chi connectivity index (χ3v) is 2.96. The van der Waals surface area contributed by atoms with E-state index in [9.17, 15) is 0 Å². The van der Waals surface area contributed by atoms with E-state index in [1.807, 2.05) is 30.5 Å². The van der Waals surface area contributed by atoms with Gasteiger partial charge in [-0.15, -0.1) is 11.3 Å². The first kappa shape index (κ1) is 10.7. The van der Waals surface area contributed by atoms with Crippen LogP contribution in [0.3, 0.4) is 0 Å². The highest BCUT2D eigenvalue weighted by molar-refractivity contribution is 7.07. The zero-order chi connectivity index (χ0) is 11.4. The molecule has 0 spiro atoms. The van der Waals surface area contributed by atoms with Gasteiger partial charge >= 0.3 is 0 Å². The topological polar surface area (TPSA) is 48.7 Å². The van der Waals surface area contributed by atoms with Gasteiger partial charge in [-0.05, 0) is 18.6 Å². The van der Waals surface area contributed by atoms with Crippen LogP contribution in [0.25, 0.3) is 0 Å². The van der Waals surface area contributed by atoms with Crippen LogP contribution in [0, 0.1) is 18.3 Å². The van der Waals surface area contributed by atoms with Gasteiger partial charge in [-0.2, -0.15) is 5.26 Å². The van der Waals surface area contributed by atoms with Gasteiger partial charge in [0.2, 0.25) is 0 Å². The molecular weight excluding hydrogens is 218 g/mol. The molecule has 0 aliphatic carbocycles. The summed E-state index contributed by atoms with van der Waals surface area (Å²) in [6.07, 6.45) is 0. The van der Waals surface area contributed by atoms with Crippen molar-refractivity contribution in [3.8, 4) is 6.07 Å². The molecule has 4 heteroatoms. The van der Waals surface area contributed by atoms with E-state index in [0.717, 1.165) is 16.9 Å². The summed E-state index contributed by atoms with van der Waals surface area (Å²) >= 11 is 1.57. The molecule has 0 bridgehead atoms. The van der Waals surface area contributed by atoms with Crippen LogP contribution in [0.5, 0.6) is 0 Å². The maximum Gasteiger partial charge on any atom is 0.101 e. The molecule has 0 saturated carbocycles. The number of nitrogens with zero attached hydrogens (tertiary/aromatic N) is 2. The van der Waals surface area contributed by atoms with E-state index in [4.69, 9.17) is 5.26 Å². The average molecular weight is 229 g/mol. The molecule has 1 aromatic heterocycles. The van der Waals surface area contributed by atoms with Gasteiger partial charge in [0.05, 0.1) is 29.0 Å². The smallest absolute Gasteiger partial charge is 0.101 e. The van der Waals surface area contributed by atoms with Crippen LogP contribution >= 0.6 is 11.3 Å². The van der Waals surface area contributed by atoms with E-state index in [-0.39, 0.29) is 0 Å². The van der Waals surface area contributed by atoms with Crippen LogP contribution in [-0.4, -0.2) is 4.98 Å². The van der Waals surface area contributed by atoms with Crippen molar-refractivity contribution in [1.29, 1.82) is 5.26 Å². The Kier molecular flexibility index (Phi) is 3.18. The Labute approximate surface area is 98.4 Å². The highest BCUT2D eigenvalue weighted by Crippen LogP contribution is 2.20. The van der Waals surface area contributed by atoms with Gasteiger partial charge in [-0.25, -0.2) is 4.98 Å². The Morgan fingerprint density at radius 1 is 1.50 bits per heavy atom. The minimum absolute atomic E-state index is 0.656. The molecule has 3 nitrogen and oxygen atoms in total. The molecule has 0 aliphatic heterocycles. The number of rotatable bonds is 3. The molecule has 1 aromatic carbocycles. The minimum atomic E-state index is 0.656. The molecular formula is C12H11N3S. The summed E-state index contributed by atoms with van der Waals surface area (Å²) in [5, 5.41) is 14.3. The first-order chi connectivity index (χ1) is 7.81. The highest BCUT2D eigenvalue weighted by Gasteiger charge is 2.04. The molecule has 0 radical (unpaired) electrons. The molecule has 0 fully saturated rings. The second kappa shape index (κ2) is 4.77. The van der Waals surface area contributed by atoms with E-state index >= 15 is 0 Å². The van der Waals surface area contributed by atoms with E-state index in [1.165, 1.54) is 0 Å². The number of aromatic nitrogens is 1. The summed E-state index contributed by atoms with van der Waals surface area (Å²) in [7, 11) is 0. The fourth-order valence-corrected chi connectivity index (χ4v) is 2.06. The zero-order valence-electron chi connectivity index (χ0n) is 8.90. The quantitative estimate of drug-likeness (QED) is 0.880. The van der Waals surface area contributed by atoms with Crippen LogP contribution in [0.15, 0.2) is 29.1 Å². The maximum absolute atomic E-state index is 9.00. The van der Waals surface area contributed by atoms with Crippen LogP contribution < -0.4 is 5.32 Å². The highest BCUT2D eigenvalue weighted by atomic mass is 32.1. The van der Waals surface area contributed by atoms with Gasteiger partial charge in [0.1, 0.15) is 6.07 Å². The van der Waals surface area contributed by atoms with Gasteiger partial charge in [0.15, 0.2) is 0 Å². The molecule has 0 saturated heterocycles. The first-order valence-electron chi connectivity index (χ1n) is 4.92. The van der Waals surface area contributed by atoms with Gasteiger partial charge in [-0.3, -0.25) is 0 Å². The van der Waals surface area contributed by atoms with Crippen molar-refractivity contribution in [2.45, 2.75) is 13.5 Å². The summed E-state index contributed by atoms with van der Waals surface area (Å²) in [6.45, 7) is 2.65. The van der Waals surface area contributed by atoms with Crippen LogP contribution in [0.1, 0.15) is 16.8 Å². The number of anilines is 1. The SMILES string of the molecule is Cc1cccc(C#N)c1NCc1cscn1. The van der Waals surface area contributed by atoms with Gasteiger partial charge < -0.3 is 5.32 Å². The summed E-state index contributed by atoms with van der Waals surface area (Å²) in [4.78, 5) is 4.19. The standard InChI is InChI=1S/C12H11N3S/c1-9-3-2-4-10(5-13)12(9)14-6-11-7-16-8-15-11/h2-4,7-8,14H,6H2,1H3. The van der Waals surface area contributed by atoms with Crippen LogP contribution in [0.2, 0.25) is 0 Å². The van der Waals surface area contributed by atoms with Crippen molar-refractivity contribution in [1.82, 2.24) is 4.98 Å². The number of aryl methyl sites for hydroxylation is 1. The molecule has 1 N–H and O–H groups in total. The maximum atomic E-state index is 9.00. The van der Waals surface area contributed by atoms with Gasteiger partial charge in [-0.1, -0.05) is 12.1 Å². The van der Waals surface area contributed by atoms with Crippen molar-refractivity contribution in [2.75, 3.05) is 5.32 Å². The summed E-state index contributed by atoms with van der Waals surface area (Å²) in [5.41, 5.74) is 5.46. The van der Waals surface area contributed by atoms with Gasteiger partial charge in [0, 0.05) is 5.38 Å². The fourth-order valence-electron chi connectivity index (χ4n) is 1.50. The normalized spacial score (nSPS) is 9.75. The monoisotopic (exact) mass is 229 g/mol. The van der Waals surface area contributed by atoms with Crippen LogP contribution in [0.4, 0.5) is 5.69 Å².